The van der Waals surface area contributed by atoms with Crippen LogP contribution in [-0.4, -0.2) is 36.0 Å². The zero-order valence-corrected chi connectivity index (χ0v) is 12.5. The Hall–Kier alpha value is -0.910. The first kappa shape index (κ1) is 14.5. The highest BCUT2D eigenvalue weighted by atomic mass is 32.1. The molecule has 2 atom stereocenters. The highest BCUT2D eigenvalue weighted by Gasteiger charge is 2.29. The smallest absolute Gasteiger partial charge is 0.217 e. The molecule has 106 valence electrons. The SMILES string of the molecule is CC(=O)NC1CCN(C(c2cccs2)C(C)N)CC1. The third-order valence-electron chi connectivity index (χ3n) is 3.66. The predicted octanol–water partition coefficient (Wildman–Crippen LogP) is 1.74. The average molecular weight is 281 g/mol. The Balaban J connectivity index is 1.96. The first-order valence-electron chi connectivity index (χ1n) is 6.88. The molecule has 1 aliphatic heterocycles. The number of thiophene rings is 1. The number of nitrogens with zero attached hydrogens (tertiary/aromatic N) is 1. The van der Waals surface area contributed by atoms with Crippen LogP contribution >= 0.6 is 11.3 Å². The summed E-state index contributed by atoms with van der Waals surface area (Å²) in [4.78, 5) is 14.9. The molecule has 0 aliphatic carbocycles. The summed E-state index contributed by atoms with van der Waals surface area (Å²) >= 11 is 1.77. The van der Waals surface area contributed by atoms with Crippen LogP contribution < -0.4 is 11.1 Å². The Morgan fingerprint density at radius 1 is 1.53 bits per heavy atom. The van der Waals surface area contributed by atoms with Crippen LogP contribution in [0.15, 0.2) is 17.5 Å². The van der Waals surface area contributed by atoms with Crippen LogP contribution in [0, 0.1) is 0 Å². The molecule has 0 aromatic carbocycles. The Morgan fingerprint density at radius 2 is 2.21 bits per heavy atom. The maximum absolute atomic E-state index is 11.1. The van der Waals surface area contributed by atoms with Gasteiger partial charge < -0.3 is 11.1 Å². The number of nitrogens with one attached hydrogen (secondary N) is 1. The number of rotatable bonds is 4. The van der Waals surface area contributed by atoms with E-state index >= 15 is 0 Å². The highest BCUT2D eigenvalue weighted by Crippen LogP contribution is 2.29. The first-order chi connectivity index (χ1) is 9.08. The molecule has 4 nitrogen and oxygen atoms in total. The van der Waals surface area contributed by atoms with Crippen LogP contribution in [0.5, 0.6) is 0 Å². The lowest BCUT2D eigenvalue weighted by atomic mass is 9.99. The Morgan fingerprint density at radius 3 is 2.68 bits per heavy atom. The maximum Gasteiger partial charge on any atom is 0.217 e. The molecule has 0 radical (unpaired) electrons. The van der Waals surface area contributed by atoms with E-state index in [1.165, 1.54) is 4.88 Å². The van der Waals surface area contributed by atoms with Crippen molar-refractivity contribution in [3.63, 3.8) is 0 Å². The van der Waals surface area contributed by atoms with Gasteiger partial charge in [-0.3, -0.25) is 9.69 Å². The zero-order valence-electron chi connectivity index (χ0n) is 11.6. The molecule has 1 aromatic rings. The van der Waals surface area contributed by atoms with Crippen LogP contribution in [-0.2, 0) is 4.79 Å². The van der Waals surface area contributed by atoms with Crippen molar-refractivity contribution in [2.24, 2.45) is 5.73 Å². The lowest BCUT2D eigenvalue weighted by Gasteiger charge is -2.39. The average Bonchev–Trinajstić information content (AvgIpc) is 2.84. The van der Waals surface area contributed by atoms with Crippen molar-refractivity contribution in [3.05, 3.63) is 22.4 Å². The fourth-order valence-electron chi connectivity index (χ4n) is 2.84. The summed E-state index contributed by atoms with van der Waals surface area (Å²) in [5, 5.41) is 5.12. The number of carbonyl (C=O) groups is 1. The largest absolute Gasteiger partial charge is 0.354 e. The number of amides is 1. The number of hydrogen-bond donors (Lipinski definition) is 2. The van der Waals surface area contributed by atoms with E-state index in [9.17, 15) is 4.79 Å². The first-order valence-corrected chi connectivity index (χ1v) is 7.76. The van der Waals surface area contributed by atoms with Crippen molar-refractivity contribution >= 4 is 17.2 Å². The summed E-state index contributed by atoms with van der Waals surface area (Å²) in [5.41, 5.74) is 6.17. The molecule has 5 heteroatoms. The van der Waals surface area contributed by atoms with Gasteiger partial charge >= 0.3 is 0 Å². The second-order valence-corrected chi connectivity index (χ2v) is 6.31. The molecule has 1 amide bonds. The minimum atomic E-state index is 0.0699. The van der Waals surface area contributed by atoms with Gasteiger partial charge in [-0.2, -0.15) is 0 Å². The molecule has 1 saturated heterocycles. The minimum absolute atomic E-state index is 0.0699. The standard InChI is InChI=1S/C14H23N3OS/c1-10(15)14(13-4-3-9-19-13)17-7-5-12(6-8-17)16-11(2)18/h3-4,9-10,12,14H,5-8,15H2,1-2H3,(H,16,18). The summed E-state index contributed by atoms with van der Waals surface area (Å²) in [6.07, 6.45) is 2.02. The Bertz CT molecular complexity index is 397. The summed E-state index contributed by atoms with van der Waals surface area (Å²) < 4.78 is 0. The van der Waals surface area contributed by atoms with Gasteiger partial charge in [-0.1, -0.05) is 6.07 Å². The molecule has 0 saturated carbocycles. The van der Waals surface area contributed by atoms with Gasteiger partial charge in [0.05, 0.1) is 6.04 Å². The van der Waals surface area contributed by atoms with Gasteiger partial charge in [-0.15, -0.1) is 11.3 Å². The molecule has 19 heavy (non-hydrogen) atoms. The maximum atomic E-state index is 11.1. The van der Waals surface area contributed by atoms with E-state index < -0.39 is 0 Å². The molecule has 2 heterocycles. The molecule has 1 aromatic heterocycles. The van der Waals surface area contributed by atoms with E-state index in [4.69, 9.17) is 5.73 Å². The van der Waals surface area contributed by atoms with Crippen LogP contribution in [0.4, 0.5) is 0 Å². The monoisotopic (exact) mass is 281 g/mol. The van der Waals surface area contributed by atoms with E-state index in [0.717, 1.165) is 25.9 Å². The van der Waals surface area contributed by atoms with E-state index in [0.29, 0.717) is 12.1 Å². The fraction of sp³-hybridized carbons (Fsp3) is 0.643. The highest BCUT2D eigenvalue weighted by molar-refractivity contribution is 7.10. The molecule has 0 spiro atoms. The van der Waals surface area contributed by atoms with Gasteiger partial charge in [0.2, 0.25) is 5.91 Å². The molecular weight excluding hydrogens is 258 g/mol. The van der Waals surface area contributed by atoms with Crippen LogP contribution in [0.1, 0.15) is 37.6 Å². The zero-order chi connectivity index (χ0) is 13.8. The van der Waals surface area contributed by atoms with Crippen LogP contribution in [0.2, 0.25) is 0 Å². The topological polar surface area (TPSA) is 58.4 Å². The minimum Gasteiger partial charge on any atom is -0.354 e. The van der Waals surface area contributed by atoms with Crippen LogP contribution in [0.25, 0.3) is 0 Å². The van der Waals surface area contributed by atoms with Crippen LogP contribution in [0.3, 0.4) is 0 Å². The summed E-state index contributed by atoms with van der Waals surface area (Å²) in [6, 6.07) is 5.00. The molecule has 3 N–H and O–H groups in total. The normalized spacial score (nSPS) is 21.0. The number of nitrogens with two attached hydrogens (primary N) is 1. The third-order valence-corrected chi connectivity index (χ3v) is 4.61. The number of hydrogen-bond acceptors (Lipinski definition) is 4. The van der Waals surface area contributed by atoms with Crippen molar-refractivity contribution in [2.45, 2.75) is 44.8 Å². The lowest BCUT2D eigenvalue weighted by Crippen LogP contribution is -2.48. The van der Waals surface area contributed by atoms with Crippen molar-refractivity contribution in [1.82, 2.24) is 10.2 Å². The van der Waals surface area contributed by atoms with Gasteiger partial charge in [0, 0.05) is 37.0 Å². The van der Waals surface area contributed by atoms with Gasteiger partial charge in [0.1, 0.15) is 0 Å². The summed E-state index contributed by atoms with van der Waals surface area (Å²) in [7, 11) is 0. The van der Waals surface area contributed by atoms with Crippen molar-refractivity contribution < 1.29 is 4.79 Å². The Labute approximate surface area is 119 Å². The van der Waals surface area contributed by atoms with E-state index in [-0.39, 0.29) is 11.9 Å². The molecule has 2 rings (SSSR count). The second kappa shape index (κ2) is 6.50. The quantitative estimate of drug-likeness (QED) is 0.884. The number of carbonyl (C=O) groups excluding carboxylic acids is 1. The molecule has 1 fully saturated rings. The van der Waals surface area contributed by atoms with E-state index in [1.54, 1.807) is 18.3 Å². The van der Waals surface area contributed by atoms with Gasteiger partial charge in [0.25, 0.3) is 0 Å². The second-order valence-electron chi connectivity index (χ2n) is 5.33. The lowest BCUT2D eigenvalue weighted by molar-refractivity contribution is -0.120. The van der Waals surface area contributed by atoms with E-state index in [2.05, 4.69) is 34.7 Å². The fourth-order valence-corrected chi connectivity index (χ4v) is 3.82. The van der Waals surface area contributed by atoms with Gasteiger partial charge in [0.15, 0.2) is 0 Å². The van der Waals surface area contributed by atoms with Crippen molar-refractivity contribution in [1.29, 1.82) is 0 Å². The summed E-state index contributed by atoms with van der Waals surface area (Å²) in [5.74, 6) is 0.0699. The third kappa shape index (κ3) is 3.78. The number of piperidine rings is 1. The number of likely N-dealkylation sites (tertiary alicyclic amines) is 1. The summed E-state index contributed by atoms with van der Waals surface area (Å²) in [6.45, 7) is 5.65. The molecule has 2 unspecified atom stereocenters. The molecule has 1 aliphatic rings. The van der Waals surface area contributed by atoms with Crippen molar-refractivity contribution in [2.75, 3.05) is 13.1 Å². The molecule has 0 bridgehead atoms. The molecular formula is C14H23N3OS. The predicted molar refractivity (Wildman–Crippen MR) is 79.1 cm³/mol. The van der Waals surface area contributed by atoms with Crippen molar-refractivity contribution in [3.8, 4) is 0 Å². The van der Waals surface area contributed by atoms with Gasteiger partial charge in [-0.05, 0) is 31.2 Å². The van der Waals surface area contributed by atoms with E-state index in [1.807, 2.05) is 0 Å². The van der Waals surface area contributed by atoms with Gasteiger partial charge in [-0.25, -0.2) is 0 Å². The Kier molecular flexibility index (Phi) is 4.96.